The number of amides is 1. The zero-order chi connectivity index (χ0) is 21.1. The van der Waals surface area contributed by atoms with Gasteiger partial charge in [-0.1, -0.05) is 31.0 Å². The maximum atomic E-state index is 12.8. The Hall–Kier alpha value is -2.73. The molecule has 5 nitrogen and oxygen atoms in total. The smallest absolute Gasteiger partial charge is 0.310 e. The minimum atomic E-state index is -0.320. The van der Waals surface area contributed by atoms with Crippen LogP contribution in [0.4, 0.5) is 5.69 Å². The van der Waals surface area contributed by atoms with Gasteiger partial charge in [-0.25, -0.2) is 4.98 Å². The molecule has 1 amide bonds. The van der Waals surface area contributed by atoms with Gasteiger partial charge in [0, 0.05) is 11.6 Å². The van der Waals surface area contributed by atoms with Crippen molar-refractivity contribution in [1.29, 1.82) is 0 Å². The van der Waals surface area contributed by atoms with Crippen molar-refractivity contribution >= 4 is 39.1 Å². The third-order valence-electron chi connectivity index (χ3n) is 5.83. The molecule has 1 saturated carbocycles. The molecule has 3 aromatic rings. The lowest BCUT2D eigenvalue weighted by Crippen LogP contribution is -2.30. The number of carbonyl (C=O) groups excluding carboxylic acids is 2. The summed E-state index contributed by atoms with van der Waals surface area (Å²) in [5.74, 6) is -0.798. The summed E-state index contributed by atoms with van der Waals surface area (Å²) in [6.45, 7) is 3.75. The van der Waals surface area contributed by atoms with Crippen LogP contribution >= 0.6 is 11.3 Å². The quantitative estimate of drug-likeness (QED) is 0.561. The van der Waals surface area contributed by atoms with Gasteiger partial charge in [-0.2, -0.15) is 0 Å². The standard InChI is InChI=1S/C24H26N2O3S/c1-15-11-12-17(13-16(15)2)25-22(27)14-29-24(28)19-8-4-3-7-18(19)23-26-20-9-5-6-10-21(20)30-23/h5-6,9-13,18-19H,3-4,7-8,14H2,1-2H3,(H,25,27)/t18-,19+/m0/s1. The highest BCUT2D eigenvalue weighted by Gasteiger charge is 2.35. The molecule has 1 fully saturated rings. The summed E-state index contributed by atoms with van der Waals surface area (Å²) in [6, 6.07) is 13.8. The number of fused-ring (bicyclic) bond motifs is 1. The Morgan fingerprint density at radius 3 is 2.70 bits per heavy atom. The lowest BCUT2D eigenvalue weighted by molar-refractivity contribution is -0.153. The van der Waals surface area contributed by atoms with Crippen molar-refractivity contribution in [2.24, 2.45) is 5.92 Å². The Morgan fingerprint density at radius 2 is 1.90 bits per heavy atom. The Kier molecular flexibility index (Phi) is 6.13. The van der Waals surface area contributed by atoms with Crippen LogP contribution in [0.2, 0.25) is 0 Å². The molecule has 0 unspecified atom stereocenters. The number of anilines is 1. The Labute approximate surface area is 180 Å². The minimum absolute atomic E-state index is 0.0615. The number of nitrogens with zero attached hydrogens (tertiary/aromatic N) is 1. The molecule has 1 heterocycles. The van der Waals surface area contributed by atoms with Crippen LogP contribution in [0.25, 0.3) is 10.2 Å². The van der Waals surface area contributed by atoms with Crippen LogP contribution < -0.4 is 5.32 Å². The summed E-state index contributed by atoms with van der Waals surface area (Å²) in [7, 11) is 0. The maximum Gasteiger partial charge on any atom is 0.310 e. The molecule has 1 aliphatic carbocycles. The molecule has 30 heavy (non-hydrogen) atoms. The molecule has 0 bridgehead atoms. The summed E-state index contributed by atoms with van der Waals surface area (Å²) in [6.07, 6.45) is 3.78. The summed E-state index contributed by atoms with van der Waals surface area (Å²) in [5.41, 5.74) is 3.95. The number of nitrogens with one attached hydrogen (secondary N) is 1. The number of esters is 1. The van der Waals surface area contributed by atoms with E-state index in [2.05, 4.69) is 11.4 Å². The van der Waals surface area contributed by atoms with Crippen LogP contribution in [0.5, 0.6) is 0 Å². The SMILES string of the molecule is Cc1ccc(NC(=O)COC(=O)[C@@H]2CCCC[C@@H]2c2nc3ccccc3s2)cc1C. The maximum absolute atomic E-state index is 12.8. The zero-order valence-electron chi connectivity index (χ0n) is 17.3. The second-order valence-corrected chi connectivity index (χ2v) is 9.03. The first-order valence-electron chi connectivity index (χ1n) is 10.4. The average molecular weight is 423 g/mol. The van der Waals surface area contributed by atoms with Gasteiger partial charge in [0.2, 0.25) is 0 Å². The molecule has 0 radical (unpaired) electrons. The molecule has 4 rings (SSSR count). The van der Waals surface area contributed by atoms with Crippen molar-refractivity contribution in [3.05, 3.63) is 58.6 Å². The summed E-state index contributed by atoms with van der Waals surface area (Å²) in [4.78, 5) is 29.9. The first-order valence-corrected chi connectivity index (χ1v) is 11.2. The predicted molar refractivity (Wildman–Crippen MR) is 120 cm³/mol. The first-order chi connectivity index (χ1) is 14.5. The Morgan fingerprint density at radius 1 is 1.10 bits per heavy atom. The van der Waals surface area contributed by atoms with Crippen molar-refractivity contribution in [3.63, 3.8) is 0 Å². The highest BCUT2D eigenvalue weighted by atomic mass is 32.1. The number of rotatable bonds is 5. The third kappa shape index (κ3) is 4.54. The van der Waals surface area contributed by atoms with Crippen LogP contribution in [0.15, 0.2) is 42.5 Å². The zero-order valence-corrected chi connectivity index (χ0v) is 18.1. The van der Waals surface area contributed by atoms with Gasteiger partial charge in [0.15, 0.2) is 6.61 Å². The van der Waals surface area contributed by atoms with Crippen molar-refractivity contribution in [2.45, 2.75) is 45.4 Å². The normalized spacial score (nSPS) is 18.9. The van der Waals surface area contributed by atoms with E-state index in [1.165, 1.54) is 0 Å². The number of hydrogen-bond acceptors (Lipinski definition) is 5. The molecule has 1 N–H and O–H groups in total. The number of aryl methyl sites for hydroxylation is 2. The van der Waals surface area contributed by atoms with Gasteiger partial charge in [0.05, 0.1) is 21.1 Å². The third-order valence-corrected chi connectivity index (χ3v) is 7.00. The van der Waals surface area contributed by atoms with E-state index in [9.17, 15) is 9.59 Å². The number of ether oxygens (including phenoxy) is 1. The second-order valence-electron chi connectivity index (χ2n) is 7.97. The number of carbonyl (C=O) groups is 2. The topological polar surface area (TPSA) is 68.3 Å². The van der Waals surface area contributed by atoms with Crippen LogP contribution in [0.3, 0.4) is 0 Å². The molecule has 0 aliphatic heterocycles. The molecular weight excluding hydrogens is 396 g/mol. The van der Waals surface area contributed by atoms with E-state index in [1.54, 1.807) is 11.3 Å². The number of para-hydroxylation sites is 1. The lowest BCUT2D eigenvalue weighted by atomic mass is 9.79. The average Bonchev–Trinajstić information content (AvgIpc) is 3.19. The minimum Gasteiger partial charge on any atom is -0.455 e. The molecule has 6 heteroatoms. The second kappa shape index (κ2) is 8.96. The molecule has 1 aliphatic rings. The Bertz CT molecular complexity index is 1040. The van der Waals surface area contributed by atoms with Crippen molar-refractivity contribution in [3.8, 4) is 0 Å². The molecule has 2 atom stereocenters. The van der Waals surface area contributed by atoms with Crippen molar-refractivity contribution < 1.29 is 14.3 Å². The summed E-state index contributed by atoms with van der Waals surface area (Å²) >= 11 is 1.66. The molecule has 156 valence electrons. The van der Waals surface area contributed by atoms with E-state index in [-0.39, 0.29) is 30.3 Å². The van der Waals surface area contributed by atoms with E-state index in [0.29, 0.717) is 5.69 Å². The molecule has 2 aromatic carbocycles. The van der Waals surface area contributed by atoms with E-state index >= 15 is 0 Å². The van der Waals surface area contributed by atoms with Gasteiger partial charge < -0.3 is 10.1 Å². The fourth-order valence-corrected chi connectivity index (χ4v) is 5.18. The van der Waals surface area contributed by atoms with E-state index < -0.39 is 0 Å². The van der Waals surface area contributed by atoms with Crippen LogP contribution in [0, 0.1) is 19.8 Å². The van der Waals surface area contributed by atoms with E-state index in [4.69, 9.17) is 9.72 Å². The largest absolute Gasteiger partial charge is 0.455 e. The number of benzene rings is 2. The highest BCUT2D eigenvalue weighted by molar-refractivity contribution is 7.18. The van der Waals surface area contributed by atoms with E-state index in [0.717, 1.165) is 52.0 Å². The number of aromatic nitrogens is 1. The van der Waals surface area contributed by atoms with Gasteiger partial charge in [-0.15, -0.1) is 11.3 Å². The van der Waals surface area contributed by atoms with Gasteiger partial charge in [-0.3, -0.25) is 9.59 Å². The Balaban J connectivity index is 1.39. The molecule has 0 saturated heterocycles. The number of hydrogen-bond donors (Lipinski definition) is 1. The lowest BCUT2D eigenvalue weighted by Gasteiger charge is -2.28. The van der Waals surface area contributed by atoms with Crippen molar-refractivity contribution in [1.82, 2.24) is 4.98 Å². The van der Waals surface area contributed by atoms with Crippen LogP contribution in [-0.4, -0.2) is 23.5 Å². The molecule has 0 spiro atoms. The van der Waals surface area contributed by atoms with Gasteiger partial charge >= 0.3 is 5.97 Å². The first kappa shape index (κ1) is 20.5. The van der Waals surface area contributed by atoms with Crippen molar-refractivity contribution in [2.75, 3.05) is 11.9 Å². The van der Waals surface area contributed by atoms with Gasteiger partial charge in [0.1, 0.15) is 0 Å². The fourth-order valence-electron chi connectivity index (χ4n) is 4.02. The monoisotopic (exact) mass is 422 g/mol. The number of thiazole rings is 1. The molecular formula is C24H26N2O3S. The molecule has 1 aromatic heterocycles. The predicted octanol–water partition coefficient (Wildman–Crippen LogP) is 5.37. The fraction of sp³-hybridized carbons (Fsp3) is 0.375. The van der Waals surface area contributed by atoms with Crippen LogP contribution in [-0.2, 0) is 14.3 Å². The van der Waals surface area contributed by atoms with Gasteiger partial charge in [-0.05, 0) is 62.1 Å². The van der Waals surface area contributed by atoms with E-state index in [1.807, 2.05) is 50.2 Å². The summed E-state index contributed by atoms with van der Waals surface area (Å²) < 4.78 is 6.56. The highest BCUT2D eigenvalue weighted by Crippen LogP contribution is 2.41. The van der Waals surface area contributed by atoms with Crippen LogP contribution in [0.1, 0.15) is 47.7 Å². The van der Waals surface area contributed by atoms with Gasteiger partial charge in [0.25, 0.3) is 5.91 Å². The summed E-state index contributed by atoms with van der Waals surface area (Å²) in [5, 5.41) is 3.80.